The van der Waals surface area contributed by atoms with Gasteiger partial charge in [0.1, 0.15) is 11.5 Å². The molecule has 1 amide bonds. The van der Waals surface area contributed by atoms with Crippen molar-refractivity contribution in [3.05, 3.63) is 41.5 Å². The number of carbonyl (C=O) groups is 1. The number of carbonyl (C=O) groups excluding carboxylic acids is 1. The number of rotatable bonds is 5. The molecule has 0 bridgehead atoms. The molecule has 23 heavy (non-hydrogen) atoms. The predicted octanol–water partition coefficient (Wildman–Crippen LogP) is 2.16. The van der Waals surface area contributed by atoms with Gasteiger partial charge in [-0.2, -0.15) is 0 Å². The van der Waals surface area contributed by atoms with E-state index in [0.717, 1.165) is 49.3 Å². The van der Waals surface area contributed by atoms with Crippen molar-refractivity contribution in [2.75, 3.05) is 26.2 Å². The van der Waals surface area contributed by atoms with E-state index in [1.54, 1.807) is 6.26 Å². The number of hydrogen-bond acceptors (Lipinski definition) is 5. The molecule has 0 N–H and O–H groups in total. The minimum Gasteiger partial charge on any atom is -0.469 e. The number of aromatic nitrogens is 1. The summed E-state index contributed by atoms with van der Waals surface area (Å²) in [6, 6.07) is 3.76. The van der Waals surface area contributed by atoms with Crippen molar-refractivity contribution in [3.8, 4) is 0 Å². The summed E-state index contributed by atoms with van der Waals surface area (Å²) < 4.78 is 10.9. The summed E-state index contributed by atoms with van der Waals surface area (Å²) in [7, 11) is 0. The predicted molar refractivity (Wildman–Crippen MR) is 84.9 cm³/mol. The Hall–Kier alpha value is -2.08. The van der Waals surface area contributed by atoms with Crippen LogP contribution in [0.4, 0.5) is 0 Å². The van der Waals surface area contributed by atoms with Crippen molar-refractivity contribution < 1.29 is 13.6 Å². The average molecular weight is 317 g/mol. The Morgan fingerprint density at radius 3 is 2.65 bits per heavy atom. The van der Waals surface area contributed by atoms with Crippen LogP contribution in [0.3, 0.4) is 0 Å². The smallest absolute Gasteiger partial charge is 0.223 e. The third-order valence-corrected chi connectivity index (χ3v) is 4.32. The van der Waals surface area contributed by atoms with Crippen LogP contribution in [0.15, 0.2) is 27.2 Å². The molecule has 0 atom stereocenters. The molecule has 2 aromatic rings. The Morgan fingerprint density at radius 2 is 2.04 bits per heavy atom. The lowest BCUT2D eigenvalue weighted by atomic mass is 10.2. The van der Waals surface area contributed by atoms with Gasteiger partial charge in [-0.05, 0) is 26.0 Å². The second-order valence-electron chi connectivity index (χ2n) is 5.99. The van der Waals surface area contributed by atoms with Crippen LogP contribution in [-0.2, 0) is 17.8 Å². The molecular formula is C17H23N3O3. The lowest BCUT2D eigenvalue weighted by Crippen LogP contribution is -2.48. The molecule has 124 valence electrons. The van der Waals surface area contributed by atoms with Gasteiger partial charge in [-0.25, -0.2) is 4.98 Å². The Balaban J connectivity index is 1.43. The van der Waals surface area contributed by atoms with Gasteiger partial charge >= 0.3 is 0 Å². The molecule has 1 fully saturated rings. The van der Waals surface area contributed by atoms with Crippen molar-refractivity contribution in [2.45, 2.75) is 33.2 Å². The second-order valence-corrected chi connectivity index (χ2v) is 5.99. The van der Waals surface area contributed by atoms with E-state index >= 15 is 0 Å². The van der Waals surface area contributed by atoms with Crippen LogP contribution in [0.25, 0.3) is 0 Å². The number of oxazole rings is 1. The van der Waals surface area contributed by atoms with E-state index in [4.69, 9.17) is 8.83 Å². The van der Waals surface area contributed by atoms with Crippen molar-refractivity contribution >= 4 is 5.91 Å². The zero-order chi connectivity index (χ0) is 16.2. The van der Waals surface area contributed by atoms with Crippen LogP contribution in [0.2, 0.25) is 0 Å². The van der Waals surface area contributed by atoms with Gasteiger partial charge in [0.05, 0.1) is 18.5 Å². The normalized spacial score (nSPS) is 16.0. The summed E-state index contributed by atoms with van der Waals surface area (Å²) in [6.07, 6.45) is 2.82. The first-order valence-electron chi connectivity index (χ1n) is 8.07. The van der Waals surface area contributed by atoms with E-state index in [2.05, 4.69) is 9.88 Å². The fourth-order valence-electron chi connectivity index (χ4n) is 2.80. The van der Waals surface area contributed by atoms with Gasteiger partial charge in [-0.1, -0.05) is 0 Å². The van der Waals surface area contributed by atoms with E-state index in [0.29, 0.717) is 19.4 Å². The van der Waals surface area contributed by atoms with Gasteiger partial charge in [0.25, 0.3) is 0 Å². The third kappa shape index (κ3) is 4.01. The van der Waals surface area contributed by atoms with Gasteiger partial charge < -0.3 is 13.7 Å². The molecule has 0 saturated carbocycles. The topological polar surface area (TPSA) is 62.7 Å². The van der Waals surface area contributed by atoms with Gasteiger partial charge in [0.2, 0.25) is 11.8 Å². The molecule has 2 aromatic heterocycles. The lowest BCUT2D eigenvalue weighted by Gasteiger charge is -2.34. The first-order chi connectivity index (χ1) is 11.1. The summed E-state index contributed by atoms with van der Waals surface area (Å²) in [5.74, 6) is 2.71. The van der Waals surface area contributed by atoms with Crippen molar-refractivity contribution in [2.24, 2.45) is 0 Å². The van der Waals surface area contributed by atoms with Crippen LogP contribution in [-0.4, -0.2) is 46.9 Å². The maximum atomic E-state index is 12.2. The molecule has 0 aromatic carbocycles. The summed E-state index contributed by atoms with van der Waals surface area (Å²) in [6.45, 7) is 7.83. The highest BCUT2D eigenvalue weighted by molar-refractivity contribution is 5.76. The Bertz CT molecular complexity index is 621. The number of furan rings is 1. The van der Waals surface area contributed by atoms with Crippen LogP contribution in [0.5, 0.6) is 0 Å². The van der Waals surface area contributed by atoms with E-state index in [-0.39, 0.29) is 5.91 Å². The zero-order valence-electron chi connectivity index (χ0n) is 13.7. The summed E-state index contributed by atoms with van der Waals surface area (Å²) in [4.78, 5) is 20.9. The fraction of sp³-hybridized carbons (Fsp3) is 0.529. The molecule has 0 spiro atoms. The summed E-state index contributed by atoms with van der Waals surface area (Å²) in [5, 5.41) is 0. The number of piperazine rings is 1. The minimum atomic E-state index is 0.198. The quantitative estimate of drug-likeness (QED) is 0.845. The van der Waals surface area contributed by atoms with Crippen LogP contribution >= 0.6 is 0 Å². The lowest BCUT2D eigenvalue weighted by molar-refractivity contribution is -0.133. The Morgan fingerprint density at radius 1 is 1.26 bits per heavy atom. The molecule has 0 aliphatic carbocycles. The molecule has 1 saturated heterocycles. The monoisotopic (exact) mass is 317 g/mol. The van der Waals surface area contributed by atoms with E-state index in [9.17, 15) is 4.79 Å². The highest BCUT2D eigenvalue weighted by Gasteiger charge is 2.22. The molecule has 3 heterocycles. The van der Waals surface area contributed by atoms with Crippen molar-refractivity contribution in [3.63, 3.8) is 0 Å². The first kappa shape index (κ1) is 15.8. The maximum Gasteiger partial charge on any atom is 0.223 e. The number of nitrogens with zero attached hydrogens (tertiary/aromatic N) is 3. The molecular weight excluding hydrogens is 294 g/mol. The molecule has 6 nitrogen and oxygen atoms in total. The SMILES string of the molecule is Cc1nc(CN2CCN(C(=O)CCc3ccco3)CC2)oc1C. The minimum absolute atomic E-state index is 0.198. The summed E-state index contributed by atoms with van der Waals surface area (Å²) in [5.41, 5.74) is 0.951. The molecule has 0 unspecified atom stereocenters. The summed E-state index contributed by atoms with van der Waals surface area (Å²) >= 11 is 0. The number of aryl methyl sites for hydroxylation is 3. The first-order valence-corrected chi connectivity index (χ1v) is 8.07. The van der Waals surface area contributed by atoms with Gasteiger partial charge in [0.15, 0.2) is 0 Å². The van der Waals surface area contributed by atoms with E-state index < -0.39 is 0 Å². The van der Waals surface area contributed by atoms with E-state index in [1.807, 2.05) is 30.9 Å². The number of amides is 1. The highest BCUT2D eigenvalue weighted by atomic mass is 16.4. The van der Waals surface area contributed by atoms with Gasteiger partial charge in [-0.3, -0.25) is 9.69 Å². The largest absolute Gasteiger partial charge is 0.469 e. The molecule has 1 aliphatic heterocycles. The van der Waals surface area contributed by atoms with E-state index in [1.165, 1.54) is 0 Å². The molecule has 1 aliphatic rings. The molecule has 6 heteroatoms. The zero-order valence-corrected chi connectivity index (χ0v) is 13.7. The van der Waals surface area contributed by atoms with Crippen LogP contribution in [0, 0.1) is 13.8 Å². The fourth-order valence-corrected chi connectivity index (χ4v) is 2.80. The third-order valence-electron chi connectivity index (χ3n) is 4.32. The second kappa shape index (κ2) is 7.00. The molecule has 3 rings (SSSR count). The Kier molecular flexibility index (Phi) is 4.81. The van der Waals surface area contributed by atoms with Crippen molar-refractivity contribution in [1.29, 1.82) is 0 Å². The maximum absolute atomic E-state index is 12.2. The highest BCUT2D eigenvalue weighted by Crippen LogP contribution is 2.13. The average Bonchev–Trinajstić information content (AvgIpc) is 3.16. The van der Waals surface area contributed by atoms with Crippen LogP contribution in [0.1, 0.15) is 29.5 Å². The van der Waals surface area contributed by atoms with Crippen molar-refractivity contribution in [1.82, 2.24) is 14.8 Å². The standard InChI is InChI=1S/C17H23N3O3/c1-13-14(2)23-16(18-13)12-19-7-9-20(10-8-19)17(21)6-5-15-4-3-11-22-15/h3-4,11H,5-10,12H2,1-2H3. The Labute approximate surface area is 136 Å². The van der Waals surface area contributed by atoms with Gasteiger partial charge in [0, 0.05) is 39.0 Å². The molecule has 0 radical (unpaired) electrons. The van der Waals surface area contributed by atoms with Gasteiger partial charge in [-0.15, -0.1) is 0 Å². The number of hydrogen-bond donors (Lipinski definition) is 0. The van der Waals surface area contributed by atoms with Crippen LogP contribution < -0.4 is 0 Å².